The van der Waals surface area contributed by atoms with Crippen LogP contribution in [0, 0.1) is 41.9 Å². The van der Waals surface area contributed by atoms with Gasteiger partial charge in [0.15, 0.2) is 17.3 Å². The molecule has 2 saturated carbocycles. The Balaban J connectivity index is 1.34. The quantitative estimate of drug-likeness (QED) is 0.130. The van der Waals surface area contributed by atoms with Crippen LogP contribution in [-0.4, -0.2) is 68.4 Å². The van der Waals surface area contributed by atoms with Gasteiger partial charge in [0.25, 0.3) is 0 Å². The highest BCUT2D eigenvalue weighted by atomic mass is 16.2. The molecule has 1 aliphatic heterocycles. The van der Waals surface area contributed by atoms with Crippen LogP contribution >= 0.6 is 0 Å². The number of hydrogen-bond donors (Lipinski definition) is 1. The number of fused-ring (bicyclic) bond motifs is 1. The van der Waals surface area contributed by atoms with E-state index in [1.54, 1.807) is 4.90 Å². The fourth-order valence-corrected chi connectivity index (χ4v) is 9.42. The second kappa shape index (κ2) is 18.7. The van der Waals surface area contributed by atoms with Crippen LogP contribution < -0.4 is 5.32 Å². The van der Waals surface area contributed by atoms with E-state index in [0.717, 1.165) is 62.5 Å². The molecule has 2 amide bonds. The van der Waals surface area contributed by atoms with Crippen molar-refractivity contribution in [1.82, 2.24) is 20.2 Å². The van der Waals surface area contributed by atoms with Crippen molar-refractivity contribution in [3.63, 3.8) is 0 Å². The van der Waals surface area contributed by atoms with Crippen molar-refractivity contribution in [3.8, 4) is 0 Å². The first-order valence-corrected chi connectivity index (χ1v) is 20.8. The van der Waals surface area contributed by atoms with E-state index < -0.39 is 40.9 Å². The Labute approximate surface area is 327 Å². The molecule has 1 aromatic carbocycles. The fraction of sp³-hybridized carbons (Fsp3) is 0.644. The van der Waals surface area contributed by atoms with Crippen LogP contribution in [-0.2, 0) is 24.0 Å². The Morgan fingerprint density at radius 3 is 2.24 bits per heavy atom. The average Bonchev–Trinajstić information content (AvgIpc) is 3.77. The van der Waals surface area contributed by atoms with Crippen molar-refractivity contribution in [1.29, 1.82) is 0 Å². The molecule has 10 heteroatoms. The Morgan fingerprint density at radius 2 is 1.60 bits per heavy atom. The number of rotatable bonds is 17. The molecule has 5 rings (SSSR count). The van der Waals surface area contributed by atoms with Crippen LogP contribution in [0.25, 0.3) is 0 Å². The van der Waals surface area contributed by atoms with E-state index in [2.05, 4.69) is 15.3 Å². The molecule has 3 aliphatic rings. The minimum absolute atomic E-state index is 0.00110. The zero-order valence-electron chi connectivity index (χ0n) is 33.9. The van der Waals surface area contributed by atoms with Crippen molar-refractivity contribution < 1.29 is 28.8 Å². The third-order valence-electron chi connectivity index (χ3n) is 12.6. The maximum Gasteiger partial charge on any atom is 0.246 e. The van der Waals surface area contributed by atoms with Crippen molar-refractivity contribution in [2.75, 3.05) is 6.54 Å². The highest BCUT2D eigenvalue weighted by Gasteiger charge is 2.52. The summed E-state index contributed by atoms with van der Waals surface area (Å²) in [4.78, 5) is 94.0. The second-order valence-corrected chi connectivity index (χ2v) is 17.8. The molecule has 0 bridgehead atoms. The molecule has 55 heavy (non-hydrogen) atoms. The molecule has 7 atom stereocenters. The van der Waals surface area contributed by atoms with Gasteiger partial charge in [0.1, 0.15) is 11.7 Å². The number of aryl methyl sites for hydroxylation is 1. The Hall–Kier alpha value is -4.08. The topological polar surface area (TPSA) is 143 Å². The lowest BCUT2D eigenvalue weighted by Crippen LogP contribution is -2.58. The van der Waals surface area contributed by atoms with Gasteiger partial charge in [-0.3, -0.25) is 33.8 Å². The standard InChI is InChI=1S/C45H62N4O6/c1-7-12-32(41(53)39(52)23-29(3)30-19-17-28(2)18-20-30)24-38(51)40-34-16-11-15-33(34)27-49(40)44(55)42(45(4,5)6)48-43(54)35(31-13-9-8-10-14-31)25-37(50)36-26-46-21-22-47-36/h17-22,26,29,31-35,40,42H,7-16,23-25,27H2,1-6H3,(H,48,54)/t29-,32-,33?,34?,35+,40-,42+/m0/s1. The maximum atomic E-state index is 14.8. The smallest absolute Gasteiger partial charge is 0.246 e. The lowest BCUT2D eigenvalue weighted by molar-refractivity contribution is -0.146. The first-order chi connectivity index (χ1) is 26.2. The number of nitrogens with zero attached hydrogens (tertiary/aromatic N) is 3. The summed E-state index contributed by atoms with van der Waals surface area (Å²) in [6.07, 6.45) is 12.8. The zero-order chi connectivity index (χ0) is 39.9. The summed E-state index contributed by atoms with van der Waals surface area (Å²) >= 11 is 0. The monoisotopic (exact) mass is 754 g/mol. The minimum atomic E-state index is -0.940. The number of ketones is 4. The van der Waals surface area contributed by atoms with E-state index >= 15 is 0 Å². The molecule has 10 nitrogen and oxygen atoms in total. The van der Waals surface area contributed by atoms with Crippen molar-refractivity contribution in [3.05, 3.63) is 59.7 Å². The summed E-state index contributed by atoms with van der Waals surface area (Å²) in [6.45, 7) is 12.0. The highest BCUT2D eigenvalue weighted by molar-refractivity contribution is 6.38. The molecule has 298 valence electrons. The lowest BCUT2D eigenvalue weighted by Gasteiger charge is -2.38. The van der Waals surface area contributed by atoms with Gasteiger partial charge in [0, 0.05) is 50.0 Å². The first-order valence-electron chi connectivity index (χ1n) is 20.8. The number of carbonyl (C=O) groups excluding carboxylic acids is 6. The molecular formula is C45H62N4O6. The third-order valence-corrected chi connectivity index (χ3v) is 12.6. The summed E-state index contributed by atoms with van der Waals surface area (Å²) in [5, 5.41) is 3.11. The van der Waals surface area contributed by atoms with Crippen molar-refractivity contribution in [2.24, 2.45) is 35.0 Å². The van der Waals surface area contributed by atoms with E-state index in [0.29, 0.717) is 19.4 Å². The lowest BCUT2D eigenvalue weighted by atomic mass is 9.76. The number of carbonyl (C=O) groups is 6. The minimum Gasteiger partial charge on any atom is -0.344 e. The van der Waals surface area contributed by atoms with Gasteiger partial charge >= 0.3 is 0 Å². The van der Waals surface area contributed by atoms with Crippen LogP contribution in [0.2, 0.25) is 0 Å². The van der Waals surface area contributed by atoms with Crippen LogP contribution in [0.3, 0.4) is 0 Å². The molecule has 2 aliphatic carbocycles. The Kier molecular flexibility index (Phi) is 14.3. The predicted molar refractivity (Wildman–Crippen MR) is 211 cm³/mol. The van der Waals surface area contributed by atoms with Gasteiger partial charge in [0.05, 0.1) is 12.2 Å². The van der Waals surface area contributed by atoms with Crippen LogP contribution in [0.1, 0.15) is 146 Å². The number of hydrogen-bond acceptors (Lipinski definition) is 8. The van der Waals surface area contributed by atoms with Crippen LogP contribution in [0.15, 0.2) is 42.9 Å². The molecule has 2 unspecified atom stereocenters. The molecule has 2 heterocycles. The maximum absolute atomic E-state index is 14.8. The molecule has 0 spiro atoms. The molecule has 3 fully saturated rings. The number of likely N-dealkylation sites (tertiary alicyclic amines) is 1. The summed E-state index contributed by atoms with van der Waals surface area (Å²) in [6, 6.07) is 6.30. The number of nitrogens with one attached hydrogen (secondary N) is 1. The van der Waals surface area contributed by atoms with E-state index in [1.807, 2.05) is 65.8 Å². The number of Topliss-reactive ketones (excluding diaryl/α,β-unsaturated/α-hetero) is 4. The summed E-state index contributed by atoms with van der Waals surface area (Å²) in [5.74, 6) is -3.40. The first kappa shape index (κ1) is 42.1. The normalized spacial score (nSPS) is 22.3. The van der Waals surface area contributed by atoms with Crippen molar-refractivity contribution >= 4 is 34.9 Å². The van der Waals surface area contributed by atoms with Crippen molar-refractivity contribution in [2.45, 2.75) is 143 Å². The van der Waals surface area contributed by atoms with Crippen LogP contribution in [0.5, 0.6) is 0 Å². The number of amides is 2. The van der Waals surface area contributed by atoms with E-state index in [4.69, 9.17) is 0 Å². The molecule has 2 aromatic rings. The van der Waals surface area contributed by atoms with Crippen LogP contribution in [0.4, 0.5) is 0 Å². The fourth-order valence-electron chi connectivity index (χ4n) is 9.42. The summed E-state index contributed by atoms with van der Waals surface area (Å²) < 4.78 is 0. The van der Waals surface area contributed by atoms with E-state index in [1.165, 1.54) is 18.6 Å². The second-order valence-electron chi connectivity index (χ2n) is 17.8. The molecule has 0 radical (unpaired) electrons. The number of aromatic nitrogens is 2. The van der Waals surface area contributed by atoms with Gasteiger partial charge in [-0.15, -0.1) is 0 Å². The number of benzene rings is 1. The van der Waals surface area contributed by atoms with Gasteiger partial charge in [-0.05, 0) is 73.7 Å². The molecular weight excluding hydrogens is 693 g/mol. The van der Waals surface area contributed by atoms with E-state index in [9.17, 15) is 28.8 Å². The molecule has 1 saturated heterocycles. The largest absolute Gasteiger partial charge is 0.344 e. The summed E-state index contributed by atoms with van der Waals surface area (Å²) in [5.41, 5.74) is 1.62. The highest BCUT2D eigenvalue weighted by Crippen LogP contribution is 2.44. The van der Waals surface area contributed by atoms with Gasteiger partial charge < -0.3 is 10.2 Å². The Bertz CT molecular complexity index is 1680. The van der Waals surface area contributed by atoms with Gasteiger partial charge in [-0.1, -0.05) is 96.6 Å². The van der Waals surface area contributed by atoms with Gasteiger partial charge in [0.2, 0.25) is 17.6 Å². The third kappa shape index (κ3) is 10.4. The van der Waals surface area contributed by atoms with Gasteiger partial charge in [-0.2, -0.15) is 0 Å². The zero-order valence-corrected chi connectivity index (χ0v) is 33.9. The summed E-state index contributed by atoms with van der Waals surface area (Å²) in [7, 11) is 0. The average molecular weight is 755 g/mol. The van der Waals surface area contributed by atoms with E-state index in [-0.39, 0.29) is 72.0 Å². The molecule has 1 N–H and O–H groups in total. The Morgan fingerprint density at radius 1 is 0.891 bits per heavy atom. The SMILES string of the molecule is CCC[C@@H](CC(=O)[C@@H]1C2CCCC2CN1C(=O)[C@@H](NC(=O)[C@H](CC(=O)c1cnccn1)C1CCCCC1)C(C)(C)C)C(=O)C(=O)C[C@H](C)c1ccc(C)cc1. The van der Waals surface area contributed by atoms with Gasteiger partial charge in [-0.25, -0.2) is 4.98 Å². The molecule has 1 aromatic heterocycles. The predicted octanol–water partition coefficient (Wildman–Crippen LogP) is 7.42.